The molecule has 1 N–H and O–H groups in total. The molecule has 2 aliphatic heterocycles. The minimum absolute atomic E-state index is 0.197. The summed E-state index contributed by atoms with van der Waals surface area (Å²) in [6, 6.07) is 3.85. The summed E-state index contributed by atoms with van der Waals surface area (Å²) in [6.45, 7) is 2.75. The quantitative estimate of drug-likeness (QED) is 0.853. The number of piperidine rings is 2. The average Bonchev–Trinajstić information content (AvgIpc) is 2.53. The van der Waals surface area contributed by atoms with Crippen LogP contribution in [-0.2, 0) is 0 Å². The molecule has 0 unspecified atom stereocenters. The molecule has 126 valence electrons. The van der Waals surface area contributed by atoms with Crippen molar-refractivity contribution in [2.24, 2.45) is 5.41 Å². The number of nitrogens with zero attached hydrogens (tertiary/aromatic N) is 2. The highest BCUT2D eigenvalue weighted by Gasteiger charge is 2.45. The smallest absolute Gasteiger partial charge is 0.255 e. The van der Waals surface area contributed by atoms with Crippen LogP contribution in [0.25, 0.3) is 0 Å². The fourth-order valence-electron chi connectivity index (χ4n) is 3.94. The predicted molar refractivity (Wildman–Crippen MR) is 87.1 cm³/mol. The van der Waals surface area contributed by atoms with Crippen LogP contribution in [0.5, 0.6) is 0 Å². The summed E-state index contributed by atoms with van der Waals surface area (Å²) >= 11 is 6.07. The van der Waals surface area contributed by atoms with E-state index < -0.39 is 11.9 Å². The first-order valence-electron chi connectivity index (χ1n) is 8.02. The van der Waals surface area contributed by atoms with E-state index in [-0.39, 0.29) is 21.9 Å². The van der Waals surface area contributed by atoms with Gasteiger partial charge in [0.2, 0.25) is 0 Å². The van der Waals surface area contributed by atoms with Crippen molar-refractivity contribution < 1.29 is 14.3 Å². The lowest BCUT2D eigenvalue weighted by atomic mass is 9.71. The van der Waals surface area contributed by atoms with Gasteiger partial charge in [0.25, 0.3) is 5.91 Å². The lowest BCUT2D eigenvalue weighted by molar-refractivity contribution is -0.0731. The van der Waals surface area contributed by atoms with Crippen molar-refractivity contribution in [1.82, 2.24) is 9.80 Å². The second kappa shape index (κ2) is 6.38. The van der Waals surface area contributed by atoms with E-state index in [4.69, 9.17) is 11.6 Å². The van der Waals surface area contributed by atoms with Crippen molar-refractivity contribution in [3.63, 3.8) is 0 Å². The third kappa shape index (κ3) is 3.23. The van der Waals surface area contributed by atoms with Gasteiger partial charge in [0.05, 0.1) is 16.7 Å². The van der Waals surface area contributed by atoms with Crippen molar-refractivity contribution >= 4 is 17.5 Å². The van der Waals surface area contributed by atoms with E-state index in [0.717, 1.165) is 32.4 Å². The van der Waals surface area contributed by atoms with Crippen LogP contribution in [0.2, 0.25) is 5.02 Å². The van der Waals surface area contributed by atoms with Crippen molar-refractivity contribution in [3.8, 4) is 0 Å². The number of carbonyl (C=O) groups is 1. The zero-order valence-corrected chi connectivity index (χ0v) is 14.0. The summed E-state index contributed by atoms with van der Waals surface area (Å²) in [5.41, 5.74) is -0.0943. The molecule has 1 amide bonds. The second-order valence-corrected chi connectivity index (χ2v) is 7.27. The number of hydrogen-bond donors (Lipinski definition) is 1. The van der Waals surface area contributed by atoms with Crippen molar-refractivity contribution in [2.75, 3.05) is 33.2 Å². The Morgan fingerprint density at radius 3 is 2.96 bits per heavy atom. The van der Waals surface area contributed by atoms with Crippen LogP contribution < -0.4 is 0 Å². The number of aliphatic hydroxyl groups is 1. The van der Waals surface area contributed by atoms with Gasteiger partial charge in [-0.3, -0.25) is 4.79 Å². The van der Waals surface area contributed by atoms with Gasteiger partial charge in [-0.05, 0) is 44.5 Å². The Morgan fingerprint density at radius 1 is 1.39 bits per heavy atom. The number of aliphatic hydroxyl groups excluding tert-OH is 1. The van der Waals surface area contributed by atoms with E-state index in [0.29, 0.717) is 13.1 Å². The molecular formula is C17H22ClFN2O2. The summed E-state index contributed by atoms with van der Waals surface area (Å²) in [4.78, 5) is 16.7. The maximum Gasteiger partial charge on any atom is 0.255 e. The molecule has 1 aromatic rings. The highest BCUT2D eigenvalue weighted by atomic mass is 35.5. The minimum Gasteiger partial charge on any atom is -0.392 e. The lowest BCUT2D eigenvalue weighted by Gasteiger charge is -2.50. The van der Waals surface area contributed by atoms with Crippen molar-refractivity contribution in [2.45, 2.75) is 25.4 Å². The molecule has 2 saturated heterocycles. The third-order valence-electron chi connectivity index (χ3n) is 5.13. The summed E-state index contributed by atoms with van der Waals surface area (Å²) in [7, 11) is 2.04. The Bertz CT molecular complexity index is 612. The molecule has 1 spiro atoms. The first-order valence-corrected chi connectivity index (χ1v) is 8.40. The van der Waals surface area contributed by atoms with Crippen LogP contribution in [0, 0.1) is 11.2 Å². The Balaban J connectivity index is 1.83. The predicted octanol–water partition coefficient (Wildman–Crippen LogP) is 2.40. The van der Waals surface area contributed by atoms with Gasteiger partial charge in [-0.25, -0.2) is 4.39 Å². The fraction of sp³-hybridized carbons (Fsp3) is 0.588. The van der Waals surface area contributed by atoms with Gasteiger partial charge in [-0.1, -0.05) is 11.6 Å². The molecule has 2 heterocycles. The molecule has 3 rings (SSSR count). The third-order valence-corrected chi connectivity index (χ3v) is 5.46. The minimum atomic E-state index is -0.470. The molecule has 0 aromatic heterocycles. The van der Waals surface area contributed by atoms with Gasteiger partial charge in [0, 0.05) is 31.6 Å². The van der Waals surface area contributed by atoms with E-state index in [1.54, 1.807) is 4.90 Å². The summed E-state index contributed by atoms with van der Waals surface area (Å²) in [5, 5.41) is 10.8. The van der Waals surface area contributed by atoms with E-state index in [1.807, 2.05) is 7.05 Å². The number of hydrogen-bond acceptors (Lipinski definition) is 3. The number of halogens is 2. The number of carbonyl (C=O) groups excluding carboxylic acids is 1. The molecular weight excluding hydrogens is 319 g/mol. The molecule has 0 radical (unpaired) electrons. The fourth-order valence-corrected chi connectivity index (χ4v) is 4.14. The highest BCUT2D eigenvalue weighted by molar-refractivity contribution is 6.33. The standard InChI is InChI=1S/C17H22ClFN2O2/c1-20-8-5-15(22)17(10-20)6-2-7-21(11-17)16(23)13-9-12(19)3-4-14(13)18/h3-4,9,15,22H,2,5-8,10-11H2,1H3/t15-,17-/m0/s1. The molecule has 0 bridgehead atoms. The zero-order chi connectivity index (χ0) is 16.6. The monoisotopic (exact) mass is 340 g/mol. The van der Waals surface area contributed by atoms with Gasteiger partial charge >= 0.3 is 0 Å². The van der Waals surface area contributed by atoms with Crippen LogP contribution >= 0.6 is 11.6 Å². The molecule has 23 heavy (non-hydrogen) atoms. The molecule has 2 atom stereocenters. The van der Waals surface area contributed by atoms with E-state index in [2.05, 4.69) is 4.90 Å². The van der Waals surface area contributed by atoms with E-state index in [1.165, 1.54) is 18.2 Å². The highest BCUT2D eigenvalue weighted by Crippen LogP contribution is 2.39. The number of amides is 1. The van der Waals surface area contributed by atoms with Crippen LogP contribution in [0.1, 0.15) is 29.6 Å². The maximum atomic E-state index is 13.5. The van der Waals surface area contributed by atoms with Crippen LogP contribution in [-0.4, -0.2) is 60.1 Å². The lowest BCUT2D eigenvalue weighted by Crippen LogP contribution is -2.59. The molecule has 0 saturated carbocycles. The normalized spacial score (nSPS) is 29.0. The largest absolute Gasteiger partial charge is 0.392 e. The molecule has 1 aromatic carbocycles. The topological polar surface area (TPSA) is 43.8 Å². The Hall–Kier alpha value is -1.17. The SMILES string of the molecule is CN1CC[C@H](O)[C@@]2(CCCN(C(=O)c3cc(F)ccc3Cl)C2)C1. The number of benzene rings is 1. The second-order valence-electron chi connectivity index (χ2n) is 6.86. The van der Waals surface area contributed by atoms with Gasteiger partial charge in [0.1, 0.15) is 5.82 Å². The zero-order valence-electron chi connectivity index (χ0n) is 13.3. The van der Waals surface area contributed by atoms with Crippen LogP contribution in [0.3, 0.4) is 0 Å². The first-order chi connectivity index (χ1) is 10.9. The van der Waals surface area contributed by atoms with Crippen LogP contribution in [0.15, 0.2) is 18.2 Å². The number of likely N-dealkylation sites (tertiary alicyclic amines) is 2. The van der Waals surface area contributed by atoms with E-state index >= 15 is 0 Å². The summed E-state index contributed by atoms with van der Waals surface area (Å²) < 4.78 is 13.5. The van der Waals surface area contributed by atoms with Crippen LogP contribution in [0.4, 0.5) is 4.39 Å². The molecule has 6 heteroatoms. The van der Waals surface area contributed by atoms with Gasteiger partial charge in [-0.2, -0.15) is 0 Å². The first kappa shape index (κ1) is 16.7. The van der Waals surface area contributed by atoms with Crippen molar-refractivity contribution in [1.29, 1.82) is 0 Å². The number of rotatable bonds is 1. The maximum absolute atomic E-state index is 13.5. The molecule has 2 fully saturated rings. The van der Waals surface area contributed by atoms with Gasteiger partial charge in [0.15, 0.2) is 0 Å². The molecule has 4 nitrogen and oxygen atoms in total. The van der Waals surface area contributed by atoms with E-state index in [9.17, 15) is 14.3 Å². The Kier molecular flexibility index (Phi) is 4.63. The summed E-state index contributed by atoms with van der Waals surface area (Å²) in [6.07, 6.45) is 2.06. The Labute approximate surface area is 140 Å². The molecule has 0 aliphatic carbocycles. The summed E-state index contributed by atoms with van der Waals surface area (Å²) in [5.74, 6) is -0.726. The van der Waals surface area contributed by atoms with Gasteiger partial charge in [-0.15, -0.1) is 0 Å². The van der Waals surface area contributed by atoms with Gasteiger partial charge < -0.3 is 14.9 Å². The van der Waals surface area contributed by atoms with Crippen molar-refractivity contribution in [3.05, 3.63) is 34.6 Å². The average molecular weight is 341 g/mol. The Morgan fingerprint density at radius 2 is 2.17 bits per heavy atom. The molecule has 2 aliphatic rings.